The molecule has 0 aliphatic heterocycles. The molecule has 0 N–H and O–H groups in total. The quantitative estimate of drug-likeness (QED) is 0.315. The molecular weight excluding hydrogens is 496 g/mol. The number of nitrogens with zero attached hydrogens (tertiary/aromatic N) is 4. The number of rotatable bonds is 5. The summed E-state index contributed by atoms with van der Waals surface area (Å²) in [5.74, 6) is 2.44. The summed E-state index contributed by atoms with van der Waals surface area (Å²) in [5.41, 5.74) is 2.09. The van der Waals surface area contributed by atoms with E-state index in [9.17, 15) is 0 Å². The van der Waals surface area contributed by atoms with Crippen molar-refractivity contribution in [3.8, 4) is 11.5 Å². The van der Waals surface area contributed by atoms with Crippen LogP contribution >= 0.6 is 43.2 Å². The molecule has 0 unspecified atom stereocenters. The van der Waals surface area contributed by atoms with Gasteiger partial charge in [-0.15, -0.1) is 0 Å². The Bertz CT molecular complexity index is 968. The smallest absolute Gasteiger partial charge is 0.258 e. The van der Waals surface area contributed by atoms with Gasteiger partial charge in [-0.05, 0) is 23.1 Å². The van der Waals surface area contributed by atoms with E-state index in [-0.39, 0.29) is 0 Å². The van der Waals surface area contributed by atoms with Crippen LogP contribution in [-0.4, -0.2) is 20.3 Å². The largest absolute Gasteiger partial charge is 0.335 e. The maximum Gasteiger partial charge on any atom is 0.258 e. The Kier molecular flexibility index (Phi) is 7.49. The predicted molar refractivity (Wildman–Crippen MR) is 113 cm³/mol. The van der Waals surface area contributed by atoms with Gasteiger partial charge in [-0.2, -0.15) is 21.3 Å². The van der Waals surface area contributed by atoms with Gasteiger partial charge in [0.2, 0.25) is 0 Å². The summed E-state index contributed by atoms with van der Waals surface area (Å²) in [5, 5.41) is 12.7. The molecule has 138 valence electrons. The van der Waals surface area contributed by atoms with Crippen LogP contribution in [0.15, 0.2) is 56.2 Å². The van der Waals surface area contributed by atoms with E-state index in [2.05, 4.69) is 52.1 Å². The second kappa shape index (κ2) is 10.3. The fourth-order valence-electron chi connectivity index (χ4n) is 1.93. The number of hydrogen-bond acceptors (Lipinski definition) is 7. The molecule has 0 aliphatic rings. The Morgan fingerprint density at radius 3 is 2.26 bits per heavy atom. The van der Waals surface area contributed by atoms with Crippen molar-refractivity contribution in [1.29, 1.82) is 0 Å². The maximum absolute atomic E-state index is 5.02. The van der Waals surface area contributed by atoms with Crippen molar-refractivity contribution in [1.82, 2.24) is 20.3 Å². The zero-order valence-corrected chi connectivity index (χ0v) is 17.9. The first-order chi connectivity index (χ1) is 13.3. The van der Waals surface area contributed by atoms with E-state index in [1.807, 2.05) is 53.2 Å². The zero-order valence-electron chi connectivity index (χ0n) is 14.0. The first-order valence-corrected chi connectivity index (χ1v) is 11.0. The van der Waals surface area contributed by atoms with Crippen molar-refractivity contribution in [2.75, 3.05) is 0 Å². The van der Waals surface area contributed by atoms with E-state index in [1.54, 1.807) is 17.4 Å². The van der Waals surface area contributed by atoms with Crippen molar-refractivity contribution in [3.05, 3.63) is 70.3 Å². The summed E-state index contributed by atoms with van der Waals surface area (Å²) >= 11 is 8.12. The standard InChI is InChI=1S/C11H9BrN2O.C7H5BrN2OS/c12-8-10-13-11(15-14-10)7-6-9-4-2-1-3-5-9;8-3-6-9-7(11-10-6)5-1-2-12-4-5/h1-7H,8H2;1-2,4H,3H2. The highest BCUT2D eigenvalue weighted by Crippen LogP contribution is 2.20. The van der Waals surface area contributed by atoms with Crippen molar-refractivity contribution in [3.63, 3.8) is 0 Å². The third-order valence-electron chi connectivity index (χ3n) is 3.18. The molecule has 3 heterocycles. The van der Waals surface area contributed by atoms with Crippen LogP contribution in [0, 0.1) is 0 Å². The molecule has 0 bridgehead atoms. The molecule has 27 heavy (non-hydrogen) atoms. The van der Waals surface area contributed by atoms with Crippen LogP contribution in [0.2, 0.25) is 0 Å². The third-order valence-corrected chi connectivity index (χ3v) is 4.86. The molecule has 3 aromatic heterocycles. The van der Waals surface area contributed by atoms with Gasteiger partial charge in [0.05, 0.1) is 16.2 Å². The fourth-order valence-corrected chi connectivity index (χ4v) is 3.02. The van der Waals surface area contributed by atoms with Crippen LogP contribution in [-0.2, 0) is 10.7 Å². The average Bonchev–Trinajstić information content (AvgIpc) is 3.48. The monoisotopic (exact) mass is 508 g/mol. The first-order valence-electron chi connectivity index (χ1n) is 7.81. The molecule has 0 radical (unpaired) electrons. The van der Waals surface area contributed by atoms with Gasteiger partial charge in [0.25, 0.3) is 11.8 Å². The normalized spacial score (nSPS) is 10.7. The lowest BCUT2D eigenvalue weighted by molar-refractivity contribution is 0.405. The van der Waals surface area contributed by atoms with Crippen LogP contribution in [0.25, 0.3) is 23.6 Å². The minimum atomic E-state index is 0.522. The van der Waals surface area contributed by atoms with Gasteiger partial charge in [-0.1, -0.05) is 72.5 Å². The zero-order chi connectivity index (χ0) is 18.9. The van der Waals surface area contributed by atoms with Gasteiger partial charge in [0, 0.05) is 11.5 Å². The number of alkyl halides is 2. The fraction of sp³-hybridized carbons (Fsp3) is 0.111. The summed E-state index contributed by atoms with van der Waals surface area (Å²) in [6.07, 6.45) is 3.74. The molecule has 4 rings (SSSR count). The highest BCUT2D eigenvalue weighted by Gasteiger charge is 2.07. The Morgan fingerprint density at radius 2 is 1.63 bits per heavy atom. The van der Waals surface area contributed by atoms with Crippen LogP contribution in [0.1, 0.15) is 23.1 Å². The van der Waals surface area contributed by atoms with Crippen molar-refractivity contribution in [2.24, 2.45) is 0 Å². The van der Waals surface area contributed by atoms with Crippen LogP contribution in [0.4, 0.5) is 0 Å². The second-order valence-electron chi connectivity index (χ2n) is 5.09. The van der Waals surface area contributed by atoms with Gasteiger partial charge in [0.15, 0.2) is 11.6 Å². The summed E-state index contributed by atoms with van der Waals surface area (Å²) < 4.78 is 10.0. The van der Waals surface area contributed by atoms with Crippen molar-refractivity contribution in [2.45, 2.75) is 10.7 Å². The molecule has 0 saturated carbocycles. The van der Waals surface area contributed by atoms with Gasteiger partial charge >= 0.3 is 0 Å². The van der Waals surface area contributed by atoms with Gasteiger partial charge in [-0.3, -0.25) is 0 Å². The minimum Gasteiger partial charge on any atom is -0.335 e. The molecule has 4 aromatic rings. The van der Waals surface area contributed by atoms with Gasteiger partial charge in [0.1, 0.15) is 0 Å². The summed E-state index contributed by atoms with van der Waals surface area (Å²) in [6.45, 7) is 0. The Morgan fingerprint density at radius 1 is 0.889 bits per heavy atom. The van der Waals surface area contributed by atoms with E-state index in [1.165, 1.54) is 0 Å². The van der Waals surface area contributed by atoms with Gasteiger partial charge < -0.3 is 9.05 Å². The molecule has 0 atom stereocenters. The highest BCUT2D eigenvalue weighted by molar-refractivity contribution is 9.08. The number of benzene rings is 1. The number of halogens is 2. The summed E-state index contributed by atoms with van der Waals surface area (Å²) in [6, 6.07) is 11.9. The summed E-state index contributed by atoms with van der Waals surface area (Å²) in [4.78, 5) is 8.29. The summed E-state index contributed by atoms with van der Waals surface area (Å²) in [7, 11) is 0. The average molecular weight is 510 g/mol. The van der Waals surface area contributed by atoms with Crippen LogP contribution in [0.5, 0.6) is 0 Å². The van der Waals surface area contributed by atoms with E-state index >= 15 is 0 Å². The molecular formula is C18H14Br2N4O2S. The van der Waals surface area contributed by atoms with Crippen molar-refractivity contribution >= 4 is 55.3 Å². The molecule has 0 amide bonds. The van der Waals surface area contributed by atoms with Crippen molar-refractivity contribution < 1.29 is 9.05 Å². The molecule has 1 aromatic carbocycles. The van der Waals surface area contributed by atoms with E-state index in [4.69, 9.17) is 9.05 Å². The molecule has 6 nitrogen and oxygen atoms in total. The molecule has 0 spiro atoms. The maximum atomic E-state index is 5.02. The number of hydrogen-bond donors (Lipinski definition) is 0. The first kappa shape index (κ1) is 19.7. The third kappa shape index (κ3) is 5.95. The predicted octanol–water partition coefficient (Wildman–Crippen LogP) is 5.83. The molecule has 0 aliphatic carbocycles. The second-order valence-corrected chi connectivity index (χ2v) is 6.99. The molecule has 0 saturated heterocycles. The van der Waals surface area contributed by atoms with E-state index in [0.29, 0.717) is 34.1 Å². The molecule has 0 fully saturated rings. The lowest BCUT2D eigenvalue weighted by atomic mass is 10.2. The van der Waals surface area contributed by atoms with E-state index in [0.717, 1.165) is 11.1 Å². The van der Waals surface area contributed by atoms with E-state index < -0.39 is 0 Å². The SMILES string of the molecule is BrCc1noc(-c2ccsc2)n1.BrCc1noc(C=Cc2ccccc2)n1. The minimum absolute atomic E-state index is 0.522. The number of thiophene rings is 1. The lowest BCUT2D eigenvalue weighted by Crippen LogP contribution is -1.78. The highest BCUT2D eigenvalue weighted by atomic mass is 79.9. The number of aromatic nitrogens is 4. The lowest BCUT2D eigenvalue weighted by Gasteiger charge is -1.88. The Balaban J connectivity index is 0.000000159. The van der Waals surface area contributed by atoms with Gasteiger partial charge in [-0.25, -0.2) is 0 Å². The van der Waals surface area contributed by atoms with Crippen LogP contribution < -0.4 is 0 Å². The topological polar surface area (TPSA) is 77.8 Å². The van der Waals surface area contributed by atoms with Crippen LogP contribution in [0.3, 0.4) is 0 Å². The molecule has 9 heteroatoms. The Hall–Kier alpha value is -2.10. The Labute approximate surface area is 176 Å².